The smallest absolute Gasteiger partial charge is 0.265 e. The molecule has 0 spiro atoms. The first kappa shape index (κ1) is 30.6. The average Bonchev–Trinajstić information content (AvgIpc) is 2.83. The Bertz CT molecular complexity index is 1200. The van der Waals surface area contributed by atoms with Gasteiger partial charge in [-0.2, -0.15) is 16.8 Å². The summed E-state index contributed by atoms with van der Waals surface area (Å²) in [5.74, 6) is -1.70. The van der Waals surface area contributed by atoms with E-state index < -0.39 is 31.7 Å². The van der Waals surface area contributed by atoms with Gasteiger partial charge in [0.15, 0.2) is 6.29 Å². The maximum atomic E-state index is 11.2. The summed E-state index contributed by atoms with van der Waals surface area (Å²) in [6.07, 6.45) is 2.85. The van der Waals surface area contributed by atoms with Crippen LogP contribution in [0.3, 0.4) is 0 Å². The molecule has 0 unspecified atom stereocenters. The number of pyridine rings is 1. The Morgan fingerprint density at radius 1 is 1.11 bits per heavy atom. The second kappa shape index (κ2) is 14.3. The maximum Gasteiger partial charge on any atom is 0.265 e. The van der Waals surface area contributed by atoms with E-state index in [2.05, 4.69) is 9.88 Å². The van der Waals surface area contributed by atoms with Crippen molar-refractivity contribution < 1.29 is 50.4 Å². The molecule has 1 fully saturated rings. The number of aliphatic hydroxyl groups is 1. The summed E-state index contributed by atoms with van der Waals surface area (Å²) in [5.41, 5.74) is 2.12. The average molecular weight is 563 g/mol. The Kier molecular flexibility index (Phi) is 11.8. The number of ether oxygens (including phenoxy) is 2. The molecule has 0 amide bonds. The van der Waals surface area contributed by atoms with Crippen LogP contribution >= 0.6 is 0 Å². The van der Waals surface area contributed by atoms with Crippen molar-refractivity contribution >= 4 is 26.5 Å². The van der Waals surface area contributed by atoms with Gasteiger partial charge in [0.25, 0.3) is 20.2 Å². The predicted molar refractivity (Wildman–Crippen MR) is 132 cm³/mol. The summed E-state index contributed by atoms with van der Waals surface area (Å²) in [4.78, 5) is 17.8. The first-order chi connectivity index (χ1) is 17.4. The molecule has 2 aromatic rings. The Morgan fingerprint density at radius 3 is 2.43 bits per heavy atom. The predicted octanol–water partition coefficient (Wildman–Crippen LogP) is 0.176. The summed E-state index contributed by atoms with van der Waals surface area (Å²) in [7, 11) is -8.59. The SMILES string of the molecule is O=Cc1c(O)cccc1OC[C@@H]1COCCN1Cc1cccnc1CCO.O=S(=O)(O)CCS(=O)(=O)O. The van der Waals surface area contributed by atoms with E-state index in [1.165, 1.54) is 6.07 Å². The van der Waals surface area contributed by atoms with Gasteiger partial charge in [0.1, 0.15) is 18.1 Å². The Balaban J connectivity index is 0.000000410. The first-order valence-corrected chi connectivity index (χ1v) is 14.3. The van der Waals surface area contributed by atoms with Crippen LogP contribution in [0.15, 0.2) is 36.5 Å². The van der Waals surface area contributed by atoms with Crippen molar-refractivity contribution in [3.63, 3.8) is 0 Å². The van der Waals surface area contributed by atoms with Gasteiger partial charge in [-0.1, -0.05) is 12.1 Å². The summed E-state index contributed by atoms with van der Waals surface area (Å²) in [6.45, 7) is 2.98. The molecule has 0 bridgehead atoms. The van der Waals surface area contributed by atoms with Crippen LogP contribution in [0.4, 0.5) is 0 Å². The van der Waals surface area contributed by atoms with E-state index >= 15 is 0 Å². The second-order valence-electron chi connectivity index (χ2n) is 7.97. The van der Waals surface area contributed by atoms with E-state index in [0.717, 1.165) is 17.8 Å². The van der Waals surface area contributed by atoms with E-state index in [9.17, 15) is 31.8 Å². The van der Waals surface area contributed by atoms with Crippen LogP contribution in [0.25, 0.3) is 0 Å². The number of rotatable bonds is 11. The number of phenols is 1. The molecule has 1 aromatic carbocycles. The molecule has 1 saturated heterocycles. The Labute approximate surface area is 215 Å². The van der Waals surface area contributed by atoms with Gasteiger partial charge in [-0.25, -0.2) is 0 Å². The van der Waals surface area contributed by atoms with Gasteiger partial charge in [-0.05, 0) is 23.8 Å². The molecule has 3 rings (SSSR count). The van der Waals surface area contributed by atoms with Crippen LogP contribution < -0.4 is 4.74 Å². The third-order valence-corrected chi connectivity index (χ3v) is 6.95. The second-order valence-corrected chi connectivity index (χ2v) is 11.1. The van der Waals surface area contributed by atoms with Crippen LogP contribution in [0.1, 0.15) is 21.6 Å². The number of nitrogens with zero attached hydrogens (tertiary/aromatic N) is 2. The molecule has 1 atom stereocenters. The zero-order valence-corrected chi connectivity index (χ0v) is 21.5. The largest absolute Gasteiger partial charge is 0.507 e. The monoisotopic (exact) mass is 562 g/mol. The molecule has 0 saturated carbocycles. The summed E-state index contributed by atoms with van der Waals surface area (Å²) < 4.78 is 66.8. The number of aliphatic hydroxyl groups excluding tert-OH is 1. The van der Waals surface area contributed by atoms with Gasteiger partial charge >= 0.3 is 0 Å². The minimum absolute atomic E-state index is 0.00258. The molecule has 0 aliphatic carbocycles. The lowest BCUT2D eigenvalue weighted by Crippen LogP contribution is -2.48. The number of carbonyl (C=O) groups excluding carboxylic acids is 1. The number of hydrogen-bond donors (Lipinski definition) is 4. The third kappa shape index (κ3) is 11.1. The highest BCUT2D eigenvalue weighted by molar-refractivity contribution is 7.89. The fourth-order valence-electron chi connectivity index (χ4n) is 3.39. The number of benzene rings is 1. The van der Waals surface area contributed by atoms with Crippen LogP contribution in [-0.2, 0) is 37.9 Å². The van der Waals surface area contributed by atoms with Crippen molar-refractivity contribution in [2.24, 2.45) is 0 Å². The highest BCUT2D eigenvalue weighted by Crippen LogP contribution is 2.26. The van der Waals surface area contributed by atoms with Gasteiger partial charge in [0, 0.05) is 38.0 Å². The quantitative estimate of drug-likeness (QED) is 0.214. The minimum atomic E-state index is -4.30. The lowest BCUT2D eigenvalue weighted by Gasteiger charge is -2.35. The van der Waals surface area contributed by atoms with Crippen molar-refractivity contribution in [2.45, 2.75) is 19.0 Å². The lowest BCUT2D eigenvalue weighted by molar-refractivity contribution is -0.0276. The van der Waals surface area contributed by atoms with E-state index in [1.54, 1.807) is 18.3 Å². The van der Waals surface area contributed by atoms with Crippen LogP contribution in [0, 0.1) is 0 Å². The van der Waals surface area contributed by atoms with E-state index in [4.69, 9.17) is 18.6 Å². The number of aldehydes is 1. The number of aromatic nitrogens is 1. The third-order valence-electron chi connectivity index (χ3n) is 5.25. The first-order valence-electron chi connectivity index (χ1n) is 11.1. The standard InChI is InChI=1S/C20H24N2O5.C2H6O6S2/c23-9-6-18-15(3-2-7-21-18)11-22-8-10-26-13-16(22)14-27-20-5-1-4-19(25)17(20)12-24;3-9(4,5)1-2-10(6,7)8/h1-5,7,12,16,23,25H,6,8-11,13-14H2;1-2H2,(H,3,4,5)(H,6,7,8)/t16-;/m0./s1. The van der Waals surface area contributed by atoms with Gasteiger partial charge in [-0.15, -0.1) is 0 Å². The molecule has 0 radical (unpaired) electrons. The summed E-state index contributed by atoms with van der Waals surface area (Å²) >= 11 is 0. The highest BCUT2D eigenvalue weighted by atomic mass is 32.2. The molecule has 2 heterocycles. The zero-order chi connectivity index (χ0) is 27.5. The fourth-order valence-corrected chi connectivity index (χ4v) is 5.07. The Morgan fingerprint density at radius 2 is 1.81 bits per heavy atom. The van der Waals surface area contributed by atoms with Crippen molar-refractivity contribution in [1.29, 1.82) is 0 Å². The molecule has 1 aromatic heterocycles. The normalized spacial score (nSPS) is 16.5. The van der Waals surface area contributed by atoms with Crippen molar-refractivity contribution in [3.8, 4) is 11.5 Å². The molecular formula is C22H30N2O11S2. The number of carbonyl (C=O) groups is 1. The van der Waals surface area contributed by atoms with Gasteiger partial charge in [-0.3, -0.25) is 23.8 Å². The zero-order valence-electron chi connectivity index (χ0n) is 19.8. The summed E-state index contributed by atoms with van der Waals surface area (Å²) in [6, 6.07) is 8.68. The molecule has 206 valence electrons. The molecule has 13 nitrogen and oxygen atoms in total. The molecule has 37 heavy (non-hydrogen) atoms. The minimum Gasteiger partial charge on any atom is -0.507 e. The van der Waals surface area contributed by atoms with Gasteiger partial charge < -0.3 is 19.7 Å². The number of phenolic OH excluding ortho intramolecular Hbond substituents is 1. The molecule has 15 heteroatoms. The van der Waals surface area contributed by atoms with Crippen LogP contribution in [0.5, 0.6) is 11.5 Å². The number of morpholine rings is 1. The van der Waals surface area contributed by atoms with E-state index in [0.29, 0.717) is 44.8 Å². The number of hydrogen-bond acceptors (Lipinski definition) is 11. The van der Waals surface area contributed by atoms with E-state index in [1.807, 2.05) is 12.1 Å². The van der Waals surface area contributed by atoms with Gasteiger partial charge in [0.05, 0.1) is 36.3 Å². The highest BCUT2D eigenvalue weighted by Gasteiger charge is 2.25. The maximum absolute atomic E-state index is 11.2. The van der Waals surface area contributed by atoms with Crippen molar-refractivity contribution in [2.75, 3.05) is 44.5 Å². The number of aromatic hydroxyl groups is 1. The van der Waals surface area contributed by atoms with Crippen LogP contribution in [0.2, 0.25) is 0 Å². The van der Waals surface area contributed by atoms with Crippen LogP contribution in [-0.4, -0.2) is 103 Å². The molecule has 1 aliphatic heterocycles. The lowest BCUT2D eigenvalue weighted by atomic mass is 10.1. The van der Waals surface area contributed by atoms with Gasteiger partial charge in [0.2, 0.25) is 0 Å². The topological polar surface area (TPSA) is 201 Å². The Hall–Kier alpha value is -2.66. The molecular weight excluding hydrogens is 532 g/mol. The molecule has 1 aliphatic rings. The van der Waals surface area contributed by atoms with Crippen molar-refractivity contribution in [3.05, 3.63) is 53.3 Å². The van der Waals surface area contributed by atoms with E-state index in [-0.39, 0.29) is 24.0 Å². The van der Waals surface area contributed by atoms with Crippen molar-refractivity contribution in [1.82, 2.24) is 9.88 Å². The molecule has 4 N–H and O–H groups in total. The fraction of sp³-hybridized carbons (Fsp3) is 0.455. The summed E-state index contributed by atoms with van der Waals surface area (Å²) in [5, 5.41) is 19.0.